The highest BCUT2D eigenvalue weighted by Crippen LogP contribution is 2.26. The number of hydrogen-bond acceptors (Lipinski definition) is 2. The molecule has 1 aliphatic carbocycles. The van der Waals surface area contributed by atoms with Crippen molar-refractivity contribution in [1.82, 2.24) is 5.32 Å². The number of carboxylic acids is 1. The number of aliphatic carboxylic acids is 1. The highest BCUT2D eigenvalue weighted by molar-refractivity contribution is 5.73. The van der Waals surface area contributed by atoms with E-state index in [1.54, 1.807) is 0 Å². The van der Waals surface area contributed by atoms with Gasteiger partial charge >= 0.3 is 5.97 Å². The molecule has 2 atom stereocenters. The number of rotatable bonds is 5. The summed E-state index contributed by atoms with van der Waals surface area (Å²) < 4.78 is 0. The molecule has 2 N–H and O–H groups in total. The molecule has 0 heterocycles. The van der Waals surface area contributed by atoms with Crippen LogP contribution in [0.4, 0.5) is 0 Å². The second kappa shape index (κ2) is 6.24. The smallest absolute Gasteiger partial charge is 0.320 e. The zero-order valence-electron chi connectivity index (χ0n) is 10.7. The van der Waals surface area contributed by atoms with E-state index in [1.807, 2.05) is 13.8 Å². The fraction of sp³-hybridized carbons (Fsp3) is 0.923. The van der Waals surface area contributed by atoms with Gasteiger partial charge in [-0.2, -0.15) is 0 Å². The average Bonchev–Trinajstić information content (AvgIpc) is 2.25. The van der Waals surface area contributed by atoms with Gasteiger partial charge in [0.05, 0.1) is 0 Å². The van der Waals surface area contributed by atoms with Gasteiger partial charge in [0, 0.05) is 6.04 Å². The molecule has 1 unspecified atom stereocenters. The van der Waals surface area contributed by atoms with Gasteiger partial charge in [-0.1, -0.05) is 33.1 Å². The van der Waals surface area contributed by atoms with E-state index in [9.17, 15) is 4.79 Å². The summed E-state index contributed by atoms with van der Waals surface area (Å²) in [5, 5.41) is 12.4. The van der Waals surface area contributed by atoms with Crippen LogP contribution >= 0.6 is 0 Å². The lowest BCUT2D eigenvalue weighted by molar-refractivity contribution is -0.141. The first-order valence-electron chi connectivity index (χ1n) is 6.51. The molecular weight excluding hydrogens is 202 g/mol. The van der Waals surface area contributed by atoms with Crippen LogP contribution < -0.4 is 5.32 Å². The van der Waals surface area contributed by atoms with Crippen LogP contribution in [0.5, 0.6) is 0 Å². The van der Waals surface area contributed by atoms with E-state index in [0.29, 0.717) is 12.0 Å². The second-order valence-corrected chi connectivity index (χ2v) is 5.41. The minimum Gasteiger partial charge on any atom is -0.480 e. The molecule has 0 spiro atoms. The Morgan fingerprint density at radius 2 is 1.75 bits per heavy atom. The normalized spacial score (nSPS) is 22.0. The fourth-order valence-electron chi connectivity index (χ4n) is 2.60. The minimum atomic E-state index is -0.724. The molecule has 0 amide bonds. The van der Waals surface area contributed by atoms with E-state index in [1.165, 1.54) is 32.1 Å². The quantitative estimate of drug-likeness (QED) is 0.759. The van der Waals surface area contributed by atoms with Gasteiger partial charge in [0.25, 0.3) is 0 Å². The van der Waals surface area contributed by atoms with Crippen molar-refractivity contribution in [2.75, 3.05) is 0 Å². The second-order valence-electron chi connectivity index (χ2n) is 5.41. The third kappa shape index (κ3) is 3.78. The van der Waals surface area contributed by atoms with Gasteiger partial charge < -0.3 is 10.4 Å². The number of nitrogens with one attached hydrogen (secondary N) is 1. The highest BCUT2D eigenvalue weighted by atomic mass is 16.4. The van der Waals surface area contributed by atoms with Crippen LogP contribution in [0.25, 0.3) is 0 Å². The molecule has 1 aliphatic rings. The minimum absolute atomic E-state index is 0.142. The lowest BCUT2D eigenvalue weighted by Gasteiger charge is -2.31. The first-order chi connectivity index (χ1) is 7.52. The van der Waals surface area contributed by atoms with Crippen molar-refractivity contribution in [1.29, 1.82) is 0 Å². The fourth-order valence-corrected chi connectivity index (χ4v) is 2.60. The number of hydrogen-bond donors (Lipinski definition) is 2. The molecule has 0 bridgehead atoms. The van der Waals surface area contributed by atoms with E-state index in [-0.39, 0.29) is 5.92 Å². The Balaban J connectivity index is 2.46. The maximum atomic E-state index is 11.1. The third-order valence-corrected chi connectivity index (χ3v) is 3.73. The van der Waals surface area contributed by atoms with Crippen LogP contribution in [0.3, 0.4) is 0 Å². The molecule has 1 rings (SSSR count). The Labute approximate surface area is 98.6 Å². The predicted octanol–water partition coefficient (Wildman–Crippen LogP) is 2.65. The van der Waals surface area contributed by atoms with E-state index in [2.05, 4.69) is 12.2 Å². The Kier molecular flexibility index (Phi) is 5.26. The third-order valence-electron chi connectivity index (χ3n) is 3.73. The Morgan fingerprint density at radius 3 is 2.19 bits per heavy atom. The molecule has 1 fully saturated rings. The van der Waals surface area contributed by atoms with Gasteiger partial charge in [0.15, 0.2) is 0 Å². The first-order valence-corrected chi connectivity index (χ1v) is 6.51. The zero-order valence-corrected chi connectivity index (χ0v) is 10.7. The Bertz CT molecular complexity index is 222. The molecule has 3 nitrogen and oxygen atoms in total. The number of carboxylic acid groups (broad SMARTS) is 1. The van der Waals surface area contributed by atoms with Crippen molar-refractivity contribution in [2.45, 2.75) is 65.0 Å². The molecule has 3 heteroatoms. The summed E-state index contributed by atoms with van der Waals surface area (Å²) in [5.41, 5.74) is 0. The molecule has 0 aromatic heterocycles. The van der Waals surface area contributed by atoms with Gasteiger partial charge in [0.1, 0.15) is 6.04 Å². The molecule has 94 valence electrons. The topological polar surface area (TPSA) is 49.3 Å². The van der Waals surface area contributed by atoms with Crippen LogP contribution in [0.15, 0.2) is 0 Å². The predicted molar refractivity (Wildman–Crippen MR) is 65.4 cm³/mol. The monoisotopic (exact) mass is 227 g/mol. The molecule has 0 aromatic carbocycles. The van der Waals surface area contributed by atoms with Crippen LogP contribution in [-0.2, 0) is 4.79 Å². The van der Waals surface area contributed by atoms with Crippen molar-refractivity contribution in [3.05, 3.63) is 0 Å². The summed E-state index contributed by atoms with van der Waals surface area (Å²) in [6.45, 7) is 6.05. The standard InChI is InChI=1S/C13H25NO2/c1-9(2)12(13(15)16)14-10(3)11-7-5-4-6-8-11/h9-12,14H,4-8H2,1-3H3,(H,15,16)/t10-,12?/m0/s1. The van der Waals surface area contributed by atoms with Crippen molar-refractivity contribution in [3.63, 3.8) is 0 Å². The molecule has 0 radical (unpaired) electrons. The molecule has 16 heavy (non-hydrogen) atoms. The summed E-state index contributed by atoms with van der Waals surface area (Å²) in [7, 11) is 0. The van der Waals surface area contributed by atoms with Gasteiger partial charge in [-0.15, -0.1) is 0 Å². The lowest BCUT2D eigenvalue weighted by atomic mass is 9.84. The summed E-state index contributed by atoms with van der Waals surface area (Å²) in [5.74, 6) is 0.0792. The van der Waals surface area contributed by atoms with Gasteiger partial charge in [-0.3, -0.25) is 4.79 Å². The van der Waals surface area contributed by atoms with Crippen LogP contribution in [0.1, 0.15) is 52.9 Å². The zero-order chi connectivity index (χ0) is 12.1. The first kappa shape index (κ1) is 13.5. The summed E-state index contributed by atoms with van der Waals surface area (Å²) >= 11 is 0. The van der Waals surface area contributed by atoms with Crippen molar-refractivity contribution < 1.29 is 9.90 Å². The van der Waals surface area contributed by atoms with Crippen molar-refractivity contribution in [3.8, 4) is 0 Å². The summed E-state index contributed by atoms with van der Waals surface area (Å²) in [4.78, 5) is 11.1. The van der Waals surface area contributed by atoms with Crippen LogP contribution in [0.2, 0.25) is 0 Å². The van der Waals surface area contributed by atoms with Gasteiger partial charge in [-0.05, 0) is 31.6 Å². The molecular formula is C13H25NO2. The highest BCUT2D eigenvalue weighted by Gasteiger charge is 2.27. The van der Waals surface area contributed by atoms with E-state index >= 15 is 0 Å². The van der Waals surface area contributed by atoms with Gasteiger partial charge in [0.2, 0.25) is 0 Å². The van der Waals surface area contributed by atoms with Crippen LogP contribution in [0, 0.1) is 11.8 Å². The van der Waals surface area contributed by atoms with E-state index < -0.39 is 12.0 Å². The molecule has 1 saturated carbocycles. The van der Waals surface area contributed by atoms with E-state index in [4.69, 9.17) is 5.11 Å². The number of carbonyl (C=O) groups is 1. The molecule has 0 aromatic rings. The summed E-state index contributed by atoms with van der Waals surface area (Å²) in [6.07, 6.45) is 6.44. The lowest BCUT2D eigenvalue weighted by Crippen LogP contribution is -2.48. The maximum absolute atomic E-state index is 11.1. The van der Waals surface area contributed by atoms with Crippen molar-refractivity contribution >= 4 is 5.97 Å². The average molecular weight is 227 g/mol. The maximum Gasteiger partial charge on any atom is 0.320 e. The largest absolute Gasteiger partial charge is 0.480 e. The summed E-state index contributed by atoms with van der Waals surface area (Å²) in [6, 6.07) is -0.0827. The molecule has 0 saturated heterocycles. The van der Waals surface area contributed by atoms with E-state index in [0.717, 1.165) is 0 Å². The Hall–Kier alpha value is -0.570. The van der Waals surface area contributed by atoms with Gasteiger partial charge in [-0.25, -0.2) is 0 Å². The van der Waals surface area contributed by atoms with Crippen LogP contribution in [-0.4, -0.2) is 23.2 Å². The SMILES string of the molecule is CC(C)C(N[C@@H](C)C1CCCCC1)C(=O)O. The molecule has 0 aliphatic heterocycles. The van der Waals surface area contributed by atoms with Crippen molar-refractivity contribution in [2.24, 2.45) is 11.8 Å². The Morgan fingerprint density at radius 1 is 1.19 bits per heavy atom.